The van der Waals surface area contributed by atoms with Gasteiger partial charge in [0.05, 0.1) is 7.11 Å². The standard InChI is InChI=1S/C20H14O5/c1-11-9-17(21)25-20-14(11)7-8-15-18(20)19(22)16(24-15)10-12-3-5-13(23-2)6-4-12/h3-10H,1-2H3. The minimum Gasteiger partial charge on any atom is -0.497 e. The lowest BCUT2D eigenvalue weighted by Crippen LogP contribution is -2.02. The molecule has 0 spiro atoms. The molecule has 0 fully saturated rings. The van der Waals surface area contributed by atoms with Crippen LogP contribution in [0.4, 0.5) is 0 Å². The predicted octanol–water partition coefficient (Wildman–Crippen LogP) is 3.73. The normalized spacial score (nSPS) is 14.6. The highest BCUT2D eigenvalue weighted by molar-refractivity contribution is 6.20. The third-order valence-electron chi connectivity index (χ3n) is 4.17. The number of fused-ring (bicyclic) bond motifs is 3. The van der Waals surface area contributed by atoms with Crippen molar-refractivity contribution in [1.82, 2.24) is 0 Å². The maximum absolute atomic E-state index is 12.8. The van der Waals surface area contributed by atoms with Crippen molar-refractivity contribution in [2.45, 2.75) is 6.92 Å². The Hall–Kier alpha value is -3.34. The Labute approximate surface area is 143 Å². The zero-order chi connectivity index (χ0) is 17.6. The molecule has 124 valence electrons. The van der Waals surface area contributed by atoms with Gasteiger partial charge in [-0.1, -0.05) is 12.1 Å². The van der Waals surface area contributed by atoms with E-state index in [-0.39, 0.29) is 22.7 Å². The van der Waals surface area contributed by atoms with Crippen LogP contribution in [0.3, 0.4) is 0 Å². The summed E-state index contributed by atoms with van der Waals surface area (Å²) in [5, 5.41) is 0.723. The van der Waals surface area contributed by atoms with Gasteiger partial charge in [0.1, 0.15) is 17.1 Å². The van der Waals surface area contributed by atoms with E-state index in [0.717, 1.165) is 22.3 Å². The Morgan fingerprint density at radius 3 is 2.52 bits per heavy atom. The van der Waals surface area contributed by atoms with Crippen LogP contribution in [0.5, 0.6) is 11.5 Å². The molecule has 0 radical (unpaired) electrons. The summed E-state index contributed by atoms with van der Waals surface area (Å²) in [4.78, 5) is 24.5. The summed E-state index contributed by atoms with van der Waals surface area (Å²) < 4.78 is 16.1. The maximum atomic E-state index is 12.8. The van der Waals surface area contributed by atoms with Crippen molar-refractivity contribution in [2.24, 2.45) is 0 Å². The Morgan fingerprint density at radius 1 is 1.04 bits per heavy atom. The highest BCUT2D eigenvalue weighted by atomic mass is 16.5. The van der Waals surface area contributed by atoms with Crippen LogP contribution in [0, 0.1) is 6.92 Å². The molecule has 5 heteroatoms. The van der Waals surface area contributed by atoms with E-state index in [2.05, 4.69) is 0 Å². The van der Waals surface area contributed by atoms with Gasteiger partial charge in [-0.25, -0.2) is 4.79 Å². The van der Waals surface area contributed by atoms with Crippen molar-refractivity contribution in [2.75, 3.05) is 7.11 Å². The van der Waals surface area contributed by atoms with Gasteiger partial charge in [0.15, 0.2) is 11.3 Å². The number of hydrogen-bond donors (Lipinski definition) is 0. The third kappa shape index (κ3) is 2.50. The summed E-state index contributed by atoms with van der Waals surface area (Å²) in [5.74, 6) is 1.01. The van der Waals surface area contributed by atoms with Crippen LogP contribution in [-0.2, 0) is 0 Å². The van der Waals surface area contributed by atoms with E-state index >= 15 is 0 Å². The molecule has 5 nitrogen and oxygen atoms in total. The van der Waals surface area contributed by atoms with Crippen LogP contribution in [0.1, 0.15) is 21.5 Å². The Balaban J connectivity index is 1.82. The van der Waals surface area contributed by atoms with Crippen molar-refractivity contribution in [3.63, 3.8) is 0 Å². The van der Waals surface area contributed by atoms with E-state index < -0.39 is 5.63 Å². The second-order valence-corrected chi connectivity index (χ2v) is 5.78. The van der Waals surface area contributed by atoms with Gasteiger partial charge >= 0.3 is 5.63 Å². The molecule has 0 N–H and O–H groups in total. The first-order chi connectivity index (χ1) is 12.1. The average Bonchev–Trinajstić information content (AvgIpc) is 2.92. The number of carbonyl (C=O) groups is 1. The second-order valence-electron chi connectivity index (χ2n) is 5.78. The number of rotatable bonds is 2. The van der Waals surface area contributed by atoms with E-state index in [1.54, 1.807) is 44.4 Å². The molecule has 2 aromatic carbocycles. The molecule has 1 aliphatic heterocycles. The largest absolute Gasteiger partial charge is 0.497 e. The van der Waals surface area contributed by atoms with E-state index in [9.17, 15) is 9.59 Å². The van der Waals surface area contributed by atoms with Crippen molar-refractivity contribution >= 4 is 22.8 Å². The smallest absolute Gasteiger partial charge is 0.336 e. The summed E-state index contributed by atoms with van der Waals surface area (Å²) >= 11 is 0. The number of ether oxygens (including phenoxy) is 2. The van der Waals surface area contributed by atoms with Gasteiger partial charge in [0.2, 0.25) is 5.78 Å². The first-order valence-corrected chi connectivity index (χ1v) is 7.72. The minimum atomic E-state index is -0.487. The fourth-order valence-corrected chi connectivity index (χ4v) is 2.90. The molecule has 0 saturated carbocycles. The fraction of sp³-hybridized carbons (Fsp3) is 0.100. The zero-order valence-electron chi connectivity index (χ0n) is 13.7. The van der Waals surface area contributed by atoms with E-state index in [4.69, 9.17) is 13.9 Å². The van der Waals surface area contributed by atoms with Crippen molar-refractivity contribution in [1.29, 1.82) is 0 Å². The molecule has 0 unspecified atom stereocenters. The van der Waals surface area contributed by atoms with Gasteiger partial charge in [-0.2, -0.15) is 0 Å². The van der Waals surface area contributed by atoms with Crippen molar-refractivity contribution < 1.29 is 18.7 Å². The fourth-order valence-electron chi connectivity index (χ4n) is 2.90. The summed E-state index contributed by atoms with van der Waals surface area (Å²) in [6, 6.07) is 12.2. The third-order valence-corrected chi connectivity index (χ3v) is 4.17. The monoisotopic (exact) mass is 334 g/mol. The predicted molar refractivity (Wildman–Crippen MR) is 93.2 cm³/mol. The molecule has 3 aromatic rings. The lowest BCUT2D eigenvalue weighted by atomic mass is 10.0. The molecular weight excluding hydrogens is 320 g/mol. The van der Waals surface area contributed by atoms with Crippen molar-refractivity contribution in [3.05, 3.63) is 75.3 Å². The minimum absolute atomic E-state index is 0.192. The number of ketones is 1. The summed E-state index contributed by atoms with van der Waals surface area (Å²) in [6.45, 7) is 1.81. The van der Waals surface area contributed by atoms with Gasteiger partial charge in [0, 0.05) is 11.5 Å². The van der Waals surface area contributed by atoms with E-state index in [1.807, 2.05) is 12.1 Å². The number of allylic oxidation sites excluding steroid dienone is 1. The number of aryl methyl sites for hydroxylation is 1. The van der Waals surface area contributed by atoms with Gasteiger partial charge in [-0.3, -0.25) is 4.79 Å². The van der Waals surface area contributed by atoms with Gasteiger partial charge in [-0.05, 0) is 48.4 Å². The number of Topliss-reactive ketones (excluding diaryl/α,β-unsaturated/α-hetero) is 1. The number of benzene rings is 2. The number of carbonyl (C=O) groups excluding carboxylic acids is 1. The topological polar surface area (TPSA) is 65.7 Å². The van der Waals surface area contributed by atoms with Crippen LogP contribution in [-0.4, -0.2) is 12.9 Å². The highest BCUT2D eigenvalue weighted by Crippen LogP contribution is 2.37. The molecular formula is C20H14O5. The summed E-state index contributed by atoms with van der Waals surface area (Å²) in [5.41, 5.74) is 1.64. The van der Waals surface area contributed by atoms with Gasteiger partial charge in [0.25, 0.3) is 0 Å². The number of hydrogen-bond acceptors (Lipinski definition) is 5. The van der Waals surface area contributed by atoms with Crippen LogP contribution < -0.4 is 15.1 Å². The molecule has 0 aliphatic carbocycles. The lowest BCUT2D eigenvalue weighted by molar-refractivity contribution is 0.101. The molecule has 0 bridgehead atoms. The highest BCUT2D eigenvalue weighted by Gasteiger charge is 2.31. The lowest BCUT2D eigenvalue weighted by Gasteiger charge is -2.03. The van der Waals surface area contributed by atoms with Crippen LogP contribution in [0.15, 0.2) is 57.4 Å². The first kappa shape index (κ1) is 15.2. The molecule has 1 aliphatic rings. The van der Waals surface area contributed by atoms with Gasteiger partial charge < -0.3 is 13.9 Å². The van der Waals surface area contributed by atoms with Gasteiger partial charge in [-0.15, -0.1) is 0 Å². The second kappa shape index (κ2) is 5.63. The Kier molecular flexibility index (Phi) is 3.42. The summed E-state index contributed by atoms with van der Waals surface area (Å²) in [7, 11) is 1.59. The number of methoxy groups -OCH3 is 1. The summed E-state index contributed by atoms with van der Waals surface area (Å²) in [6.07, 6.45) is 1.65. The SMILES string of the molecule is COc1ccc(C=C2Oc3ccc4c(C)cc(=O)oc4c3C2=O)cc1. The molecule has 4 rings (SSSR count). The maximum Gasteiger partial charge on any atom is 0.336 e. The first-order valence-electron chi connectivity index (χ1n) is 7.72. The van der Waals surface area contributed by atoms with Crippen LogP contribution in [0.2, 0.25) is 0 Å². The quantitative estimate of drug-likeness (QED) is 0.528. The Morgan fingerprint density at radius 2 is 1.80 bits per heavy atom. The average molecular weight is 334 g/mol. The molecule has 0 amide bonds. The molecule has 1 aromatic heterocycles. The molecule has 2 heterocycles. The zero-order valence-corrected chi connectivity index (χ0v) is 13.7. The molecule has 0 atom stereocenters. The van der Waals surface area contributed by atoms with Crippen LogP contribution in [0.25, 0.3) is 17.0 Å². The Bertz CT molecular complexity index is 1090. The van der Waals surface area contributed by atoms with Crippen molar-refractivity contribution in [3.8, 4) is 11.5 Å². The van der Waals surface area contributed by atoms with E-state index in [1.165, 1.54) is 6.07 Å². The van der Waals surface area contributed by atoms with Crippen LogP contribution >= 0.6 is 0 Å². The molecule has 0 saturated heterocycles. The molecule has 25 heavy (non-hydrogen) atoms. The van der Waals surface area contributed by atoms with E-state index in [0.29, 0.717) is 5.75 Å².